The Kier molecular flexibility index (Phi) is 6.28. The predicted octanol–water partition coefficient (Wildman–Crippen LogP) is 4.42. The minimum Gasteiger partial charge on any atom is -0.325 e. The minimum atomic E-state index is -0.0119. The Morgan fingerprint density at radius 1 is 1.32 bits per heavy atom. The van der Waals surface area contributed by atoms with Crippen LogP contribution in [-0.4, -0.2) is 28.1 Å². The van der Waals surface area contributed by atoms with Crippen LogP contribution in [0.5, 0.6) is 0 Å². The molecule has 1 heterocycles. The lowest BCUT2D eigenvalue weighted by Gasteiger charge is -2.16. The summed E-state index contributed by atoms with van der Waals surface area (Å²) in [6, 6.07) is 6.11. The van der Waals surface area contributed by atoms with Gasteiger partial charge < -0.3 is 5.32 Å². The predicted molar refractivity (Wildman–Crippen MR) is 96.3 cm³/mol. The summed E-state index contributed by atoms with van der Waals surface area (Å²) < 4.78 is 1.75. The molecule has 0 saturated carbocycles. The van der Waals surface area contributed by atoms with Gasteiger partial charge in [-0.05, 0) is 30.2 Å². The van der Waals surface area contributed by atoms with Crippen molar-refractivity contribution in [3.8, 4) is 0 Å². The Balaban J connectivity index is 2.00. The number of para-hydroxylation sites is 1. The van der Waals surface area contributed by atoms with Gasteiger partial charge in [-0.15, -0.1) is 10.2 Å². The molecule has 0 atom stereocenters. The van der Waals surface area contributed by atoms with Crippen molar-refractivity contribution in [1.82, 2.24) is 10.2 Å². The van der Waals surface area contributed by atoms with Crippen LogP contribution in [0.2, 0.25) is 0 Å². The molecular formula is C15H19N3OS3. The van der Waals surface area contributed by atoms with Gasteiger partial charge in [0.25, 0.3) is 0 Å². The molecular weight excluding hydrogens is 334 g/mol. The monoisotopic (exact) mass is 353 g/mol. The van der Waals surface area contributed by atoms with Gasteiger partial charge in [-0.3, -0.25) is 4.79 Å². The van der Waals surface area contributed by atoms with Crippen LogP contribution in [0, 0.1) is 6.92 Å². The van der Waals surface area contributed by atoms with E-state index in [2.05, 4.69) is 35.4 Å². The van der Waals surface area contributed by atoms with Gasteiger partial charge in [-0.2, -0.15) is 0 Å². The third kappa shape index (κ3) is 4.47. The van der Waals surface area contributed by atoms with Gasteiger partial charge in [-0.25, -0.2) is 0 Å². The van der Waals surface area contributed by atoms with Crippen LogP contribution in [0.15, 0.2) is 26.9 Å². The molecule has 1 aromatic heterocycles. The summed E-state index contributed by atoms with van der Waals surface area (Å²) in [6.07, 6.45) is 1.97. The molecule has 7 heteroatoms. The Morgan fingerprint density at radius 2 is 2.05 bits per heavy atom. The lowest BCUT2D eigenvalue weighted by Crippen LogP contribution is -2.16. The molecule has 0 fully saturated rings. The maximum Gasteiger partial charge on any atom is 0.234 e. The van der Waals surface area contributed by atoms with E-state index >= 15 is 0 Å². The van der Waals surface area contributed by atoms with Crippen molar-refractivity contribution in [2.75, 3.05) is 17.3 Å². The molecule has 0 aliphatic carbocycles. The molecule has 1 amide bonds. The van der Waals surface area contributed by atoms with E-state index in [4.69, 9.17) is 0 Å². The van der Waals surface area contributed by atoms with E-state index in [9.17, 15) is 4.79 Å². The van der Waals surface area contributed by atoms with E-state index in [-0.39, 0.29) is 5.91 Å². The third-order valence-electron chi connectivity index (χ3n) is 3.08. The molecule has 1 aromatic carbocycles. The first kappa shape index (κ1) is 17.3. The lowest BCUT2D eigenvalue weighted by molar-refractivity contribution is -0.113. The van der Waals surface area contributed by atoms with Crippen molar-refractivity contribution in [3.63, 3.8) is 0 Å². The second-order valence-electron chi connectivity index (χ2n) is 5.07. The number of rotatable bonds is 6. The summed E-state index contributed by atoms with van der Waals surface area (Å²) in [6.45, 7) is 6.28. The van der Waals surface area contributed by atoms with Crippen molar-refractivity contribution < 1.29 is 4.79 Å². The number of hydrogen-bond acceptors (Lipinski definition) is 6. The van der Waals surface area contributed by atoms with Crippen molar-refractivity contribution in [1.29, 1.82) is 0 Å². The average Bonchev–Trinajstić information content (AvgIpc) is 2.95. The topological polar surface area (TPSA) is 54.9 Å². The Bertz CT molecular complexity index is 655. The highest BCUT2D eigenvalue weighted by Gasteiger charge is 2.13. The first-order valence-corrected chi connectivity index (χ1v) is 9.93. The summed E-state index contributed by atoms with van der Waals surface area (Å²) >= 11 is 4.50. The standard InChI is InChI=1S/C15H19N3OS3/c1-9(2)11-7-5-6-10(3)13(11)16-12(19)8-21-15-18-17-14(20-4)22-15/h5-7,9H,8H2,1-4H3,(H,16,19). The van der Waals surface area contributed by atoms with Gasteiger partial charge in [0.15, 0.2) is 8.68 Å². The van der Waals surface area contributed by atoms with Crippen LogP contribution in [-0.2, 0) is 4.79 Å². The zero-order chi connectivity index (χ0) is 16.1. The number of benzene rings is 1. The van der Waals surface area contributed by atoms with Gasteiger partial charge in [0.1, 0.15) is 0 Å². The van der Waals surface area contributed by atoms with Gasteiger partial charge in [0, 0.05) is 5.69 Å². The van der Waals surface area contributed by atoms with E-state index in [1.807, 2.05) is 25.3 Å². The van der Waals surface area contributed by atoms with Gasteiger partial charge in [0.05, 0.1) is 5.75 Å². The zero-order valence-electron chi connectivity index (χ0n) is 13.0. The fraction of sp³-hybridized carbons (Fsp3) is 0.400. The molecule has 1 N–H and O–H groups in total. The summed E-state index contributed by atoms with van der Waals surface area (Å²) in [5, 5.41) is 11.1. The zero-order valence-corrected chi connectivity index (χ0v) is 15.5. The number of carbonyl (C=O) groups is 1. The summed E-state index contributed by atoms with van der Waals surface area (Å²) in [5.41, 5.74) is 3.19. The Labute approximate surface area is 143 Å². The van der Waals surface area contributed by atoms with Crippen LogP contribution >= 0.6 is 34.9 Å². The summed E-state index contributed by atoms with van der Waals surface area (Å²) in [7, 11) is 0. The largest absolute Gasteiger partial charge is 0.325 e. The number of aromatic nitrogens is 2. The van der Waals surface area contributed by atoms with Crippen LogP contribution in [0.3, 0.4) is 0 Å². The van der Waals surface area contributed by atoms with Crippen LogP contribution in [0.25, 0.3) is 0 Å². The van der Waals surface area contributed by atoms with Crippen molar-refractivity contribution in [2.24, 2.45) is 0 Å². The molecule has 2 rings (SSSR count). The van der Waals surface area contributed by atoms with Crippen molar-refractivity contribution in [3.05, 3.63) is 29.3 Å². The molecule has 2 aromatic rings. The average molecular weight is 354 g/mol. The van der Waals surface area contributed by atoms with E-state index < -0.39 is 0 Å². The maximum atomic E-state index is 12.2. The molecule has 118 valence electrons. The molecule has 0 saturated heterocycles. The molecule has 22 heavy (non-hydrogen) atoms. The highest BCUT2D eigenvalue weighted by molar-refractivity contribution is 8.03. The maximum absolute atomic E-state index is 12.2. The van der Waals surface area contributed by atoms with Crippen LogP contribution in [0.1, 0.15) is 30.9 Å². The van der Waals surface area contributed by atoms with Crippen LogP contribution in [0.4, 0.5) is 5.69 Å². The Morgan fingerprint density at radius 3 is 2.68 bits per heavy atom. The number of aryl methyl sites for hydroxylation is 1. The number of nitrogens with zero attached hydrogens (tertiary/aromatic N) is 2. The second-order valence-corrected chi connectivity index (χ2v) is 8.32. The summed E-state index contributed by atoms with van der Waals surface area (Å²) in [4.78, 5) is 12.2. The van der Waals surface area contributed by atoms with Gasteiger partial charge in [-0.1, -0.05) is 66.9 Å². The highest BCUT2D eigenvalue weighted by atomic mass is 32.2. The molecule has 0 aliphatic rings. The number of hydrogen-bond donors (Lipinski definition) is 1. The van der Waals surface area contributed by atoms with E-state index in [1.54, 1.807) is 11.8 Å². The quantitative estimate of drug-likeness (QED) is 0.779. The molecule has 0 aliphatic heterocycles. The normalized spacial score (nSPS) is 11.0. The van der Waals surface area contributed by atoms with Crippen molar-refractivity contribution in [2.45, 2.75) is 35.4 Å². The molecule has 4 nitrogen and oxygen atoms in total. The van der Waals surface area contributed by atoms with Gasteiger partial charge >= 0.3 is 0 Å². The molecule has 0 bridgehead atoms. The Hall–Kier alpha value is -1.05. The van der Waals surface area contributed by atoms with Crippen molar-refractivity contribution >= 4 is 46.5 Å². The van der Waals surface area contributed by atoms with Gasteiger partial charge in [0.2, 0.25) is 5.91 Å². The first-order chi connectivity index (χ1) is 10.5. The SMILES string of the molecule is CSc1nnc(SCC(=O)Nc2c(C)cccc2C(C)C)s1. The summed E-state index contributed by atoms with van der Waals surface area (Å²) in [5.74, 6) is 0.701. The number of thioether (sulfide) groups is 2. The van der Waals surface area contributed by atoms with E-state index in [0.29, 0.717) is 11.7 Å². The fourth-order valence-electron chi connectivity index (χ4n) is 1.98. The van der Waals surface area contributed by atoms with Crippen LogP contribution < -0.4 is 5.32 Å². The highest BCUT2D eigenvalue weighted by Crippen LogP contribution is 2.29. The number of nitrogens with one attached hydrogen (secondary N) is 1. The molecule has 0 unspecified atom stereocenters. The van der Waals surface area contributed by atoms with E-state index in [0.717, 1.165) is 19.9 Å². The number of carbonyl (C=O) groups excluding carboxylic acids is 1. The number of amides is 1. The fourth-order valence-corrected chi connectivity index (χ4v) is 4.22. The van der Waals surface area contributed by atoms with E-state index in [1.165, 1.54) is 28.7 Å². The number of anilines is 1. The smallest absolute Gasteiger partial charge is 0.234 e. The first-order valence-electron chi connectivity index (χ1n) is 6.91. The molecule has 0 radical (unpaired) electrons. The molecule has 0 spiro atoms. The second kappa shape index (κ2) is 7.99. The third-order valence-corrected chi connectivity index (χ3v) is 6.11. The lowest BCUT2D eigenvalue weighted by atomic mass is 9.98. The minimum absolute atomic E-state index is 0.0119.